The van der Waals surface area contributed by atoms with E-state index in [9.17, 15) is 0 Å². The second kappa shape index (κ2) is 9.92. The third kappa shape index (κ3) is 4.86. The second-order valence-corrected chi connectivity index (χ2v) is 8.76. The van der Waals surface area contributed by atoms with Crippen LogP contribution in [0.15, 0.2) is 84.9 Å². The molecule has 0 saturated carbocycles. The SMILES string of the molecule is Cc1cc(OOc2cc(C)c(C)cc2N(C)c2ccccc2)c(N(C)c2ccccc2)cc1C. The van der Waals surface area contributed by atoms with Gasteiger partial charge in [-0.15, -0.1) is 0 Å². The summed E-state index contributed by atoms with van der Waals surface area (Å²) in [4.78, 5) is 16.3. The Balaban J connectivity index is 1.69. The fourth-order valence-electron chi connectivity index (χ4n) is 3.88. The van der Waals surface area contributed by atoms with Crippen LogP contribution in [-0.2, 0) is 0 Å². The van der Waals surface area contributed by atoms with Crippen LogP contribution in [0.2, 0.25) is 0 Å². The van der Waals surface area contributed by atoms with E-state index in [1.807, 2.05) is 62.6 Å². The number of aryl methyl sites for hydroxylation is 4. The van der Waals surface area contributed by atoms with Gasteiger partial charge in [0.15, 0.2) is 0 Å². The van der Waals surface area contributed by atoms with Crippen LogP contribution in [0.1, 0.15) is 22.3 Å². The molecule has 4 rings (SSSR count). The Hall–Kier alpha value is -3.92. The van der Waals surface area contributed by atoms with Gasteiger partial charge in [-0.3, -0.25) is 9.78 Å². The fraction of sp³-hybridized carbons (Fsp3) is 0.200. The Labute approximate surface area is 202 Å². The minimum atomic E-state index is 0.668. The number of benzene rings is 4. The maximum Gasteiger partial charge on any atom is 0.202 e. The highest BCUT2D eigenvalue weighted by atomic mass is 17.2. The molecule has 4 aromatic carbocycles. The van der Waals surface area contributed by atoms with Gasteiger partial charge in [0.25, 0.3) is 0 Å². The summed E-state index contributed by atoms with van der Waals surface area (Å²) < 4.78 is 0. The minimum absolute atomic E-state index is 0.668. The number of anilines is 4. The first kappa shape index (κ1) is 23.2. The molecule has 0 saturated heterocycles. The quantitative estimate of drug-likeness (QED) is 0.211. The summed E-state index contributed by atoms with van der Waals surface area (Å²) in [7, 11) is 4.08. The first-order valence-corrected chi connectivity index (χ1v) is 11.5. The Morgan fingerprint density at radius 1 is 0.471 bits per heavy atom. The Morgan fingerprint density at radius 2 is 0.794 bits per heavy atom. The third-order valence-electron chi connectivity index (χ3n) is 6.38. The first-order valence-electron chi connectivity index (χ1n) is 11.5. The lowest BCUT2D eigenvalue weighted by Gasteiger charge is -2.25. The van der Waals surface area contributed by atoms with E-state index >= 15 is 0 Å². The van der Waals surface area contributed by atoms with Gasteiger partial charge in [-0.2, -0.15) is 0 Å². The van der Waals surface area contributed by atoms with Gasteiger partial charge >= 0.3 is 0 Å². The normalized spacial score (nSPS) is 10.6. The predicted octanol–water partition coefficient (Wildman–Crippen LogP) is 7.83. The molecule has 0 fully saturated rings. The topological polar surface area (TPSA) is 24.9 Å². The summed E-state index contributed by atoms with van der Waals surface area (Å²) in [6, 6.07) is 28.8. The van der Waals surface area contributed by atoms with Crippen molar-refractivity contribution in [3.05, 3.63) is 107 Å². The van der Waals surface area contributed by atoms with Crippen LogP contribution in [0.4, 0.5) is 22.7 Å². The monoisotopic (exact) mass is 452 g/mol. The van der Waals surface area contributed by atoms with E-state index in [-0.39, 0.29) is 0 Å². The third-order valence-corrected chi connectivity index (χ3v) is 6.38. The highest BCUT2D eigenvalue weighted by Gasteiger charge is 2.18. The maximum atomic E-state index is 6.05. The fourth-order valence-corrected chi connectivity index (χ4v) is 3.88. The molecule has 0 radical (unpaired) electrons. The molecule has 4 aromatic rings. The van der Waals surface area contributed by atoms with Crippen molar-refractivity contribution in [1.29, 1.82) is 0 Å². The Morgan fingerprint density at radius 3 is 1.15 bits per heavy atom. The van der Waals surface area contributed by atoms with Gasteiger partial charge in [0.1, 0.15) is 0 Å². The predicted molar refractivity (Wildman–Crippen MR) is 142 cm³/mol. The molecule has 174 valence electrons. The van der Waals surface area contributed by atoms with Crippen molar-refractivity contribution in [1.82, 2.24) is 0 Å². The largest absolute Gasteiger partial charge is 0.341 e. The first-order chi connectivity index (χ1) is 16.3. The van der Waals surface area contributed by atoms with E-state index in [0.717, 1.165) is 33.9 Å². The van der Waals surface area contributed by atoms with Crippen molar-refractivity contribution in [2.75, 3.05) is 23.9 Å². The van der Waals surface area contributed by atoms with Gasteiger partial charge in [-0.1, -0.05) is 36.4 Å². The molecule has 0 heterocycles. The van der Waals surface area contributed by atoms with Crippen molar-refractivity contribution in [3.8, 4) is 11.5 Å². The van der Waals surface area contributed by atoms with Crippen LogP contribution in [0.5, 0.6) is 11.5 Å². The number of hydrogen-bond donors (Lipinski definition) is 0. The molecule has 0 aromatic heterocycles. The molecule has 0 atom stereocenters. The van der Waals surface area contributed by atoms with E-state index in [4.69, 9.17) is 9.78 Å². The number of hydrogen-bond acceptors (Lipinski definition) is 4. The Kier molecular flexibility index (Phi) is 6.78. The molecule has 0 aliphatic heterocycles. The molecule has 34 heavy (non-hydrogen) atoms. The van der Waals surface area contributed by atoms with Gasteiger partial charge in [0, 0.05) is 25.5 Å². The Bertz CT molecular complexity index is 1170. The van der Waals surface area contributed by atoms with Gasteiger partial charge < -0.3 is 9.80 Å². The van der Waals surface area contributed by atoms with Crippen LogP contribution in [0.3, 0.4) is 0 Å². The highest BCUT2D eigenvalue weighted by Crippen LogP contribution is 2.38. The van der Waals surface area contributed by atoms with E-state index < -0.39 is 0 Å². The molecule has 0 unspecified atom stereocenters. The van der Waals surface area contributed by atoms with Crippen LogP contribution in [-0.4, -0.2) is 14.1 Å². The summed E-state index contributed by atoms with van der Waals surface area (Å²) in [5.74, 6) is 1.34. The zero-order chi connectivity index (χ0) is 24.2. The summed E-state index contributed by atoms with van der Waals surface area (Å²) >= 11 is 0. The highest BCUT2D eigenvalue weighted by molar-refractivity contribution is 5.71. The lowest BCUT2D eigenvalue weighted by atomic mass is 10.1. The lowest BCUT2D eigenvalue weighted by Crippen LogP contribution is -2.15. The van der Waals surface area contributed by atoms with Gasteiger partial charge in [-0.05, 0) is 98.5 Å². The summed E-state index contributed by atoms with van der Waals surface area (Å²) in [5.41, 5.74) is 8.71. The molecular formula is C30H32N2O2. The maximum absolute atomic E-state index is 6.05. The molecule has 0 N–H and O–H groups in total. The van der Waals surface area contributed by atoms with Gasteiger partial charge in [0.05, 0.1) is 11.4 Å². The average Bonchev–Trinajstić information content (AvgIpc) is 2.86. The van der Waals surface area contributed by atoms with E-state index in [1.165, 1.54) is 11.1 Å². The zero-order valence-corrected chi connectivity index (χ0v) is 20.8. The van der Waals surface area contributed by atoms with Crippen LogP contribution < -0.4 is 19.6 Å². The van der Waals surface area contributed by atoms with Crippen LogP contribution in [0.25, 0.3) is 0 Å². The summed E-state index contributed by atoms with van der Waals surface area (Å²) in [6.45, 7) is 8.38. The van der Waals surface area contributed by atoms with Crippen molar-refractivity contribution < 1.29 is 9.78 Å². The van der Waals surface area contributed by atoms with Crippen molar-refractivity contribution in [2.24, 2.45) is 0 Å². The minimum Gasteiger partial charge on any atom is -0.341 e. The molecule has 4 heteroatoms. The molecular weight excluding hydrogens is 420 g/mol. The van der Waals surface area contributed by atoms with E-state index in [2.05, 4.69) is 73.9 Å². The second-order valence-electron chi connectivity index (χ2n) is 8.76. The van der Waals surface area contributed by atoms with Crippen LogP contribution >= 0.6 is 0 Å². The van der Waals surface area contributed by atoms with Gasteiger partial charge in [-0.25, -0.2) is 0 Å². The van der Waals surface area contributed by atoms with E-state index in [1.54, 1.807) is 0 Å². The average molecular weight is 453 g/mol. The van der Waals surface area contributed by atoms with E-state index in [0.29, 0.717) is 11.5 Å². The smallest absolute Gasteiger partial charge is 0.202 e. The summed E-state index contributed by atoms with van der Waals surface area (Å²) in [6.07, 6.45) is 0. The standard InChI is InChI=1S/C30H32N2O2/c1-21-17-27(31(5)25-13-9-7-10-14-25)29(19-23(21)3)33-34-30-20-24(4)22(2)18-28(30)32(6)26-15-11-8-12-16-26/h7-20H,1-6H3. The molecule has 0 spiro atoms. The van der Waals surface area contributed by atoms with Crippen molar-refractivity contribution >= 4 is 22.7 Å². The van der Waals surface area contributed by atoms with Crippen molar-refractivity contribution in [2.45, 2.75) is 27.7 Å². The number of rotatable bonds is 7. The molecule has 0 aliphatic rings. The zero-order valence-electron chi connectivity index (χ0n) is 20.8. The number of para-hydroxylation sites is 2. The van der Waals surface area contributed by atoms with Gasteiger partial charge in [0.2, 0.25) is 11.5 Å². The summed E-state index contributed by atoms with van der Waals surface area (Å²) in [5, 5.41) is 0. The van der Waals surface area contributed by atoms with Crippen LogP contribution in [0, 0.1) is 27.7 Å². The molecule has 0 aliphatic carbocycles. The molecule has 4 nitrogen and oxygen atoms in total. The lowest BCUT2D eigenvalue weighted by molar-refractivity contribution is -0.0988. The number of nitrogens with zero attached hydrogens (tertiary/aromatic N) is 2. The molecule has 0 amide bonds. The molecule has 0 bridgehead atoms. The van der Waals surface area contributed by atoms with Crippen molar-refractivity contribution in [3.63, 3.8) is 0 Å².